The number of rotatable bonds is 6. The third kappa shape index (κ3) is 5.06. The summed E-state index contributed by atoms with van der Waals surface area (Å²) < 4.78 is 4.89. The van der Waals surface area contributed by atoms with Gasteiger partial charge in [-0.1, -0.05) is 11.6 Å². The second-order valence-electron chi connectivity index (χ2n) is 4.66. The quantitative estimate of drug-likeness (QED) is 0.691. The molecule has 0 saturated heterocycles. The Bertz CT molecular complexity index is 450. The molecule has 0 aromatic heterocycles. The van der Waals surface area contributed by atoms with Crippen molar-refractivity contribution in [1.82, 2.24) is 5.32 Å². The number of carbonyl (C=O) groups excluding carboxylic acids is 1. The highest BCUT2D eigenvalue weighted by Gasteiger charge is 2.21. The maximum Gasteiger partial charge on any atom is 0.251 e. The molecule has 0 aliphatic carbocycles. The van der Waals surface area contributed by atoms with Crippen molar-refractivity contribution < 1.29 is 14.6 Å². The lowest BCUT2D eigenvalue weighted by Gasteiger charge is -2.23. The summed E-state index contributed by atoms with van der Waals surface area (Å²) in [5.74, 6) is -0.305. The number of nitrogens with two attached hydrogens (primary N) is 1. The van der Waals surface area contributed by atoms with Gasteiger partial charge in [0.2, 0.25) is 0 Å². The highest BCUT2D eigenvalue weighted by atomic mass is 35.5. The number of hydrogen-bond acceptors (Lipinski definition) is 4. The van der Waals surface area contributed by atoms with Gasteiger partial charge in [0.05, 0.1) is 16.3 Å². The van der Waals surface area contributed by atoms with Gasteiger partial charge in [-0.2, -0.15) is 0 Å². The highest BCUT2D eigenvalue weighted by Crippen LogP contribution is 2.19. The molecule has 0 bridgehead atoms. The molecule has 1 aromatic carbocycles. The van der Waals surface area contributed by atoms with Crippen molar-refractivity contribution in [2.24, 2.45) is 0 Å². The predicted octanol–water partition coefficient (Wildman–Crippen LogP) is 1.44. The number of carbonyl (C=O) groups is 1. The number of ether oxygens (including phenoxy) is 1. The van der Waals surface area contributed by atoms with E-state index in [4.69, 9.17) is 22.1 Å². The Hall–Kier alpha value is -1.30. The SMILES string of the molecule is COCCC(C)(O)CNC(=O)c1ccc(Cl)c(N)c1. The summed E-state index contributed by atoms with van der Waals surface area (Å²) in [5, 5.41) is 13.1. The van der Waals surface area contributed by atoms with Crippen molar-refractivity contribution in [3.63, 3.8) is 0 Å². The molecule has 0 spiro atoms. The van der Waals surface area contributed by atoms with Crippen molar-refractivity contribution in [3.05, 3.63) is 28.8 Å². The van der Waals surface area contributed by atoms with Crippen LogP contribution in [0.5, 0.6) is 0 Å². The molecular formula is C13H19ClN2O3. The molecule has 0 aliphatic heterocycles. The van der Waals surface area contributed by atoms with Gasteiger partial charge >= 0.3 is 0 Å². The van der Waals surface area contributed by atoms with Crippen LogP contribution >= 0.6 is 11.6 Å². The van der Waals surface area contributed by atoms with Crippen LogP contribution in [0.15, 0.2) is 18.2 Å². The van der Waals surface area contributed by atoms with Crippen LogP contribution in [0, 0.1) is 0 Å². The van der Waals surface area contributed by atoms with Crippen LogP contribution in [-0.4, -0.2) is 36.9 Å². The summed E-state index contributed by atoms with van der Waals surface area (Å²) >= 11 is 5.78. The molecule has 1 aromatic rings. The van der Waals surface area contributed by atoms with Crippen LogP contribution in [0.2, 0.25) is 5.02 Å². The maximum absolute atomic E-state index is 11.9. The minimum absolute atomic E-state index is 0.137. The molecule has 19 heavy (non-hydrogen) atoms. The topological polar surface area (TPSA) is 84.6 Å². The molecule has 1 amide bonds. The number of nitrogen functional groups attached to an aromatic ring is 1. The summed E-state index contributed by atoms with van der Waals surface area (Å²) in [6.07, 6.45) is 0.437. The first-order valence-corrected chi connectivity index (χ1v) is 6.28. The molecule has 0 aliphatic rings. The molecule has 0 heterocycles. The van der Waals surface area contributed by atoms with Gasteiger partial charge in [0.1, 0.15) is 0 Å². The van der Waals surface area contributed by atoms with Gasteiger partial charge in [0.25, 0.3) is 5.91 Å². The number of methoxy groups -OCH3 is 1. The highest BCUT2D eigenvalue weighted by molar-refractivity contribution is 6.33. The summed E-state index contributed by atoms with van der Waals surface area (Å²) in [6, 6.07) is 4.65. The zero-order chi connectivity index (χ0) is 14.5. The number of nitrogens with one attached hydrogen (secondary N) is 1. The lowest BCUT2D eigenvalue weighted by molar-refractivity contribution is 0.0243. The average Bonchev–Trinajstić information content (AvgIpc) is 2.37. The van der Waals surface area contributed by atoms with Crippen molar-refractivity contribution in [3.8, 4) is 0 Å². The van der Waals surface area contributed by atoms with Crippen LogP contribution in [0.25, 0.3) is 0 Å². The summed E-state index contributed by atoms with van der Waals surface area (Å²) in [6.45, 7) is 2.21. The standard InChI is InChI=1S/C13H19ClN2O3/c1-13(18,5-6-19-2)8-16-12(17)9-3-4-10(14)11(15)7-9/h3-4,7,18H,5-6,8,15H2,1-2H3,(H,16,17). The maximum atomic E-state index is 11.9. The smallest absolute Gasteiger partial charge is 0.251 e. The fraction of sp³-hybridized carbons (Fsp3) is 0.462. The van der Waals surface area contributed by atoms with Gasteiger partial charge in [-0.25, -0.2) is 0 Å². The minimum atomic E-state index is -1.01. The molecular weight excluding hydrogens is 268 g/mol. The van der Waals surface area contributed by atoms with E-state index in [0.29, 0.717) is 29.3 Å². The lowest BCUT2D eigenvalue weighted by Crippen LogP contribution is -2.41. The predicted molar refractivity (Wildman–Crippen MR) is 75.3 cm³/mol. The van der Waals surface area contributed by atoms with Crippen molar-refractivity contribution in [1.29, 1.82) is 0 Å². The van der Waals surface area contributed by atoms with E-state index in [1.54, 1.807) is 26.2 Å². The van der Waals surface area contributed by atoms with E-state index in [1.165, 1.54) is 6.07 Å². The minimum Gasteiger partial charge on any atom is -0.398 e. The summed E-state index contributed by atoms with van der Waals surface area (Å²) in [4.78, 5) is 11.9. The number of anilines is 1. The fourth-order valence-corrected chi connectivity index (χ4v) is 1.59. The third-order valence-corrected chi connectivity index (χ3v) is 3.08. The lowest BCUT2D eigenvalue weighted by atomic mass is 10.0. The normalized spacial score (nSPS) is 13.9. The van der Waals surface area contributed by atoms with Crippen LogP contribution in [0.3, 0.4) is 0 Å². The summed E-state index contributed by atoms with van der Waals surface area (Å²) in [5.41, 5.74) is 5.37. The molecule has 0 saturated carbocycles. The van der Waals surface area contributed by atoms with Crippen LogP contribution in [0.1, 0.15) is 23.7 Å². The molecule has 5 nitrogen and oxygen atoms in total. The number of benzene rings is 1. The zero-order valence-electron chi connectivity index (χ0n) is 11.1. The number of aliphatic hydroxyl groups is 1. The molecule has 1 unspecified atom stereocenters. The van der Waals surface area contributed by atoms with Gasteiger partial charge < -0.3 is 20.9 Å². The number of amides is 1. The van der Waals surface area contributed by atoms with E-state index < -0.39 is 5.60 Å². The fourth-order valence-electron chi connectivity index (χ4n) is 1.47. The third-order valence-electron chi connectivity index (χ3n) is 2.73. The van der Waals surface area contributed by atoms with Crippen LogP contribution in [-0.2, 0) is 4.74 Å². The van der Waals surface area contributed by atoms with Gasteiger partial charge in [-0.05, 0) is 25.1 Å². The van der Waals surface area contributed by atoms with Crippen LogP contribution < -0.4 is 11.1 Å². The molecule has 0 fully saturated rings. The molecule has 0 radical (unpaired) electrons. The molecule has 6 heteroatoms. The van der Waals surface area contributed by atoms with E-state index in [2.05, 4.69) is 5.32 Å². The van der Waals surface area contributed by atoms with Gasteiger partial charge in [-0.15, -0.1) is 0 Å². The number of hydrogen-bond donors (Lipinski definition) is 3. The van der Waals surface area contributed by atoms with E-state index in [-0.39, 0.29) is 12.5 Å². The second-order valence-corrected chi connectivity index (χ2v) is 5.07. The first-order chi connectivity index (χ1) is 8.85. The van der Waals surface area contributed by atoms with E-state index in [1.807, 2.05) is 0 Å². The zero-order valence-corrected chi connectivity index (χ0v) is 11.8. The van der Waals surface area contributed by atoms with Crippen molar-refractivity contribution in [2.45, 2.75) is 18.9 Å². The largest absolute Gasteiger partial charge is 0.398 e. The second kappa shape index (κ2) is 6.75. The Kier molecular flexibility index (Phi) is 5.60. The van der Waals surface area contributed by atoms with Crippen molar-refractivity contribution in [2.75, 3.05) is 26.0 Å². The first-order valence-electron chi connectivity index (χ1n) is 5.90. The van der Waals surface area contributed by atoms with Gasteiger partial charge in [-0.3, -0.25) is 4.79 Å². The Balaban J connectivity index is 2.57. The monoisotopic (exact) mass is 286 g/mol. The van der Waals surface area contributed by atoms with Crippen molar-refractivity contribution >= 4 is 23.2 Å². The molecule has 106 valence electrons. The average molecular weight is 287 g/mol. The summed E-state index contributed by atoms with van der Waals surface area (Å²) in [7, 11) is 1.56. The van der Waals surface area contributed by atoms with Gasteiger partial charge in [0.15, 0.2) is 0 Å². The van der Waals surface area contributed by atoms with Gasteiger partial charge in [0, 0.05) is 32.2 Å². The van der Waals surface area contributed by atoms with E-state index >= 15 is 0 Å². The Labute approximate surface area is 117 Å². The Morgan fingerprint density at radius 2 is 2.26 bits per heavy atom. The Morgan fingerprint density at radius 1 is 1.58 bits per heavy atom. The molecule has 4 N–H and O–H groups in total. The first kappa shape index (κ1) is 15.8. The molecule has 1 rings (SSSR count). The van der Waals surface area contributed by atoms with E-state index in [0.717, 1.165) is 0 Å². The Morgan fingerprint density at radius 3 is 2.84 bits per heavy atom. The number of halogens is 1. The van der Waals surface area contributed by atoms with Crippen LogP contribution in [0.4, 0.5) is 5.69 Å². The molecule has 1 atom stereocenters. The van der Waals surface area contributed by atoms with E-state index in [9.17, 15) is 9.90 Å².